The summed E-state index contributed by atoms with van der Waals surface area (Å²) in [5.74, 6) is 2.55. The van der Waals surface area contributed by atoms with Gasteiger partial charge < -0.3 is 5.32 Å². The number of hydrogen-bond donors (Lipinski definition) is 1. The number of aryl methyl sites for hydroxylation is 2. The minimum Gasteiger partial charge on any atom is -0.315 e. The summed E-state index contributed by atoms with van der Waals surface area (Å²) in [5, 5.41) is 7.72. The van der Waals surface area contributed by atoms with Crippen molar-refractivity contribution in [3.05, 3.63) is 29.5 Å². The standard InChI is InChI=1S/C13H21N5/c1-9(2)12-15-6-7-18(12)13-11(8-14-4)10(3)16-17(13)5/h6-7,9,14H,8H2,1-5H3. The van der Waals surface area contributed by atoms with Crippen LogP contribution in [0.2, 0.25) is 0 Å². The molecule has 2 aromatic rings. The predicted molar refractivity (Wildman–Crippen MR) is 71.9 cm³/mol. The van der Waals surface area contributed by atoms with Crippen LogP contribution in [0.1, 0.15) is 36.8 Å². The van der Waals surface area contributed by atoms with E-state index in [1.807, 2.05) is 38.1 Å². The van der Waals surface area contributed by atoms with E-state index in [1.54, 1.807) is 0 Å². The molecule has 0 spiro atoms. The van der Waals surface area contributed by atoms with Crippen molar-refractivity contribution in [2.75, 3.05) is 7.05 Å². The van der Waals surface area contributed by atoms with E-state index in [9.17, 15) is 0 Å². The predicted octanol–water partition coefficient (Wildman–Crippen LogP) is 1.76. The normalized spacial score (nSPS) is 11.4. The Labute approximate surface area is 108 Å². The van der Waals surface area contributed by atoms with Crippen LogP contribution < -0.4 is 5.32 Å². The van der Waals surface area contributed by atoms with Crippen molar-refractivity contribution >= 4 is 0 Å². The molecule has 98 valence electrons. The Morgan fingerprint density at radius 3 is 2.72 bits per heavy atom. The van der Waals surface area contributed by atoms with Gasteiger partial charge in [0, 0.05) is 37.5 Å². The fourth-order valence-corrected chi connectivity index (χ4v) is 2.30. The second-order valence-corrected chi connectivity index (χ2v) is 4.85. The maximum atomic E-state index is 4.51. The second kappa shape index (κ2) is 4.94. The monoisotopic (exact) mass is 247 g/mol. The second-order valence-electron chi connectivity index (χ2n) is 4.85. The Hall–Kier alpha value is -1.62. The molecule has 0 fully saturated rings. The molecule has 18 heavy (non-hydrogen) atoms. The largest absolute Gasteiger partial charge is 0.315 e. The maximum Gasteiger partial charge on any atom is 0.140 e. The summed E-state index contributed by atoms with van der Waals surface area (Å²) < 4.78 is 4.06. The third-order valence-electron chi connectivity index (χ3n) is 3.08. The number of aromatic nitrogens is 4. The Balaban J connectivity index is 2.59. The summed E-state index contributed by atoms with van der Waals surface area (Å²) in [7, 11) is 3.93. The zero-order valence-corrected chi connectivity index (χ0v) is 11.7. The van der Waals surface area contributed by atoms with Gasteiger partial charge in [0.1, 0.15) is 11.6 Å². The summed E-state index contributed by atoms with van der Waals surface area (Å²) in [5.41, 5.74) is 2.28. The maximum absolute atomic E-state index is 4.51. The molecule has 1 N–H and O–H groups in total. The van der Waals surface area contributed by atoms with Gasteiger partial charge in [0.05, 0.1) is 5.69 Å². The van der Waals surface area contributed by atoms with E-state index in [2.05, 4.69) is 33.8 Å². The van der Waals surface area contributed by atoms with Gasteiger partial charge in [0.2, 0.25) is 0 Å². The van der Waals surface area contributed by atoms with E-state index in [-0.39, 0.29) is 0 Å². The molecular weight excluding hydrogens is 226 g/mol. The van der Waals surface area contributed by atoms with E-state index in [1.165, 1.54) is 5.56 Å². The molecule has 0 bridgehead atoms. The Morgan fingerprint density at radius 1 is 1.39 bits per heavy atom. The van der Waals surface area contributed by atoms with E-state index in [0.29, 0.717) is 5.92 Å². The van der Waals surface area contributed by atoms with E-state index in [4.69, 9.17) is 0 Å². The molecule has 0 unspecified atom stereocenters. The van der Waals surface area contributed by atoms with Gasteiger partial charge in [-0.1, -0.05) is 13.8 Å². The average molecular weight is 247 g/mol. The average Bonchev–Trinajstić information content (AvgIpc) is 2.85. The summed E-state index contributed by atoms with van der Waals surface area (Å²) >= 11 is 0. The first-order valence-electron chi connectivity index (χ1n) is 6.27. The minimum atomic E-state index is 0.387. The minimum absolute atomic E-state index is 0.387. The molecule has 0 aliphatic carbocycles. The van der Waals surface area contributed by atoms with Gasteiger partial charge in [-0.05, 0) is 14.0 Å². The zero-order chi connectivity index (χ0) is 13.3. The van der Waals surface area contributed by atoms with Crippen LogP contribution in [0.5, 0.6) is 0 Å². The van der Waals surface area contributed by atoms with Crippen molar-refractivity contribution in [2.45, 2.75) is 33.2 Å². The van der Waals surface area contributed by atoms with Crippen LogP contribution in [0.15, 0.2) is 12.4 Å². The smallest absolute Gasteiger partial charge is 0.140 e. The van der Waals surface area contributed by atoms with Crippen LogP contribution >= 0.6 is 0 Å². The third kappa shape index (κ3) is 2.06. The molecule has 2 aromatic heterocycles. The van der Waals surface area contributed by atoms with Crippen LogP contribution in [0.25, 0.3) is 5.82 Å². The lowest BCUT2D eigenvalue weighted by Gasteiger charge is -2.12. The summed E-state index contributed by atoms with van der Waals surface area (Å²) in [6.45, 7) is 7.16. The number of imidazole rings is 1. The van der Waals surface area contributed by atoms with E-state index >= 15 is 0 Å². The van der Waals surface area contributed by atoms with Gasteiger partial charge in [-0.2, -0.15) is 5.10 Å². The van der Waals surface area contributed by atoms with Crippen LogP contribution in [0.3, 0.4) is 0 Å². The van der Waals surface area contributed by atoms with Crippen LogP contribution in [0.4, 0.5) is 0 Å². The summed E-state index contributed by atoms with van der Waals surface area (Å²) in [6.07, 6.45) is 3.85. The molecule has 2 heterocycles. The summed E-state index contributed by atoms with van der Waals surface area (Å²) in [4.78, 5) is 4.45. The highest BCUT2D eigenvalue weighted by Gasteiger charge is 2.18. The first kappa shape index (κ1) is 12.8. The van der Waals surface area contributed by atoms with E-state index in [0.717, 1.165) is 23.9 Å². The highest BCUT2D eigenvalue weighted by atomic mass is 15.3. The third-order valence-corrected chi connectivity index (χ3v) is 3.08. The molecule has 5 nitrogen and oxygen atoms in total. The zero-order valence-electron chi connectivity index (χ0n) is 11.7. The Bertz CT molecular complexity index is 536. The SMILES string of the molecule is CNCc1c(C)nn(C)c1-n1ccnc1C(C)C. The molecule has 2 rings (SSSR count). The molecule has 0 atom stereocenters. The Morgan fingerprint density at radius 2 is 2.11 bits per heavy atom. The van der Waals surface area contributed by atoms with Crippen molar-refractivity contribution in [1.29, 1.82) is 0 Å². The Kier molecular flexibility index (Phi) is 3.52. The fraction of sp³-hybridized carbons (Fsp3) is 0.538. The fourth-order valence-electron chi connectivity index (χ4n) is 2.30. The first-order chi connectivity index (χ1) is 8.56. The first-order valence-corrected chi connectivity index (χ1v) is 6.27. The van der Waals surface area contributed by atoms with E-state index < -0.39 is 0 Å². The highest BCUT2D eigenvalue weighted by Crippen LogP contribution is 2.22. The van der Waals surface area contributed by atoms with Gasteiger partial charge in [-0.25, -0.2) is 4.98 Å². The number of hydrogen-bond acceptors (Lipinski definition) is 3. The molecule has 0 aromatic carbocycles. The molecule has 5 heteroatoms. The van der Waals surface area contributed by atoms with Gasteiger partial charge in [0.15, 0.2) is 0 Å². The quantitative estimate of drug-likeness (QED) is 0.895. The molecule has 0 aliphatic rings. The molecular formula is C13H21N5. The molecule has 0 aliphatic heterocycles. The highest BCUT2D eigenvalue weighted by molar-refractivity contribution is 5.39. The lowest BCUT2D eigenvalue weighted by atomic mass is 10.2. The lowest BCUT2D eigenvalue weighted by Crippen LogP contribution is -2.13. The van der Waals surface area contributed by atoms with Crippen molar-refractivity contribution in [3.8, 4) is 5.82 Å². The molecule has 0 saturated carbocycles. The topological polar surface area (TPSA) is 47.7 Å². The number of nitrogens with one attached hydrogen (secondary N) is 1. The van der Waals surface area contributed by atoms with Crippen LogP contribution in [0, 0.1) is 6.92 Å². The van der Waals surface area contributed by atoms with Crippen LogP contribution in [-0.2, 0) is 13.6 Å². The summed E-state index contributed by atoms with van der Waals surface area (Å²) in [6, 6.07) is 0. The number of nitrogens with zero attached hydrogens (tertiary/aromatic N) is 4. The molecule has 0 radical (unpaired) electrons. The van der Waals surface area contributed by atoms with Crippen molar-refractivity contribution in [2.24, 2.45) is 7.05 Å². The van der Waals surface area contributed by atoms with Gasteiger partial charge >= 0.3 is 0 Å². The van der Waals surface area contributed by atoms with Gasteiger partial charge in [-0.3, -0.25) is 9.25 Å². The molecule has 0 saturated heterocycles. The van der Waals surface area contributed by atoms with Crippen molar-refractivity contribution < 1.29 is 0 Å². The van der Waals surface area contributed by atoms with Gasteiger partial charge in [-0.15, -0.1) is 0 Å². The van der Waals surface area contributed by atoms with Crippen LogP contribution in [-0.4, -0.2) is 26.4 Å². The molecule has 0 amide bonds. The lowest BCUT2D eigenvalue weighted by molar-refractivity contribution is 0.678. The van der Waals surface area contributed by atoms with Gasteiger partial charge in [0.25, 0.3) is 0 Å². The number of rotatable bonds is 4. The van der Waals surface area contributed by atoms with Crippen molar-refractivity contribution in [1.82, 2.24) is 24.6 Å². The van der Waals surface area contributed by atoms with Crippen molar-refractivity contribution in [3.63, 3.8) is 0 Å².